The number of urea groups is 1. The van der Waals surface area contributed by atoms with E-state index in [-0.39, 0.29) is 16.6 Å². The number of nitrogens with one attached hydrogen (secondary N) is 3. The number of carbonyl (C=O) groups excluding carboxylic acids is 2. The van der Waals surface area contributed by atoms with Gasteiger partial charge in [0.2, 0.25) is 5.91 Å². The van der Waals surface area contributed by atoms with Crippen molar-refractivity contribution in [3.8, 4) is 17.1 Å². The highest BCUT2D eigenvalue weighted by Gasteiger charge is 2.18. The van der Waals surface area contributed by atoms with Gasteiger partial charge in [-0.2, -0.15) is 0 Å². The molecule has 0 atom stereocenters. The summed E-state index contributed by atoms with van der Waals surface area (Å²) >= 11 is 1.22. The van der Waals surface area contributed by atoms with Crippen LogP contribution in [0.5, 0.6) is 5.75 Å². The van der Waals surface area contributed by atoms with Crippen molar-refractivity contribution in [1.82, 2.24) is 24.8 Å². The zero-order valence-corrected chi connectivity index (χ0v) is 21.8. The van der Waals surface area contributed by atoms with Crippen molar-refractivity contribution in [3.63, 3.8) is 0 Å². The van der Waals surface area contributed by atoms with Gasteiger partial charge >= 0.3 is 6.03 Å². The van der Waals surface area contributed by atoms with E-state index in [0.29, 0.717) is 23.2 Å². The first-order chi connectivity index (χ1) is 17.2. The molecule has 0 unspecified atom stereocenters. The van der Waals surface area contributed by atoms with E-state index in [1.165, 1.54) is 36.0 Å². The van der Waals surface area contributed by atoms with Crippen molar-refractivity contribution >= 4 is 39.4 Å². The third-order valence-corrected chi connectivity index (χ3v) is 7.37. The second kappa shape index (κ2) is 12.4. The minimum absolute atomic E-state index is 0.0775. The van der Waals surface area contributed by atoms with Crippen LogP contribution in [-0.4, -0.2) is 54.5 Å². The Balaban J connectivity index is 1.54. The van der Waals surface area contributed by atoms with Gasteiger partial charge in [-0.25, -0.2) is 17.9 Å². The summed E-state index contributed by atoms with van der Waals surface area (Å²) in [6.07, 6.45) is 1.63. The Morgan fingerprint density at radius 2 is 1.75 bits per heavy atom. The smallest absolute Gasteiger partial charge is 0.328 e. The first kappa shape index (κ1) is 27.0. The molecular weight excluding hydrogens is 504 g/mol. The van der Waals surface area contributed by atoms with E-state index in [9.17, 15) is 18.0 Å². The van der Waals surface area contributed by atoms with Gasteiger partial charge in [0.25, 0.3) is 10.0 Å². The van der Waals surface area contributed by atoms with Gasteiger partial charge in [0.15, 0.2) is 11.0 Å². The van der Waals surface area contributed by atoms with E-state index >= 15 is 0 Å². The molecule has 0 spiro atoms. The second-order valence-corrected chi connectivity index (χ2v) is 10.3. The first-order valence-electron chi connectivity index (χ1n) is 11.1. The zero-order valence-electron chi connectivity index (χ0n) is 20.1. The number of thioether (sulfide) groups is 1. The minimum atomic E-state index is -4.02. The quantitative estimate of drug-likeness (QED) is 0.252. The number of rotatable bonds is 11. The number of ether oxygens (including phenoxy) is 1. The SMILES string of the molecule is CCCCNC(=O)NS(=O)(=O)c1ccc(NC(=O)CSc2nnc(-c3ccc(OC)cc3)n2C)cc1. The van der Waals surface area contributed by atoms with Crippen molar-refractivity contribution in [2.75, 3.05) is 24.7 Å². The van der Waals surface area contributed by atoms with Gasteiger partial charge in [0, 0.05) is 24.8 Å². The Bertz CT molecular complexity index is 1290. The maximum absolute atomic E-state index is 12.4. The first-order valence-corrected chi connectivity index (χ1v) is 13.6. The summed E-state index contributed by atoms with van der Waals surface area (Å²) in [5, 5.41) is 14.1. The summed E-state index contributed by atoms with van der Waals surface area (Å²) in [4.78, 5) is 24.1. The van der Waals surface area contributed by atoms with Crippen molar-refractivity contribution in [2.24, 2.45) is 7.05 Å². The molecule has 3 aromatic rings. The van der Waals surface area contributed by atoms with E-state index < -0.39 is 16.1 Å². The molecule has 0 aliphatic heterocycles. The molecule has 192 valence electrons. The van der Waals surface area contributed by atoms with Crippen molar-refractivity contribution in [2.45, 2.75) is 29.8 Å². The van der Waals surface area contributed by atoms with Gasteiger partial charge < -0.3 is 19.9 Å². The van der Waals surface area contributed by atoms with Crippen LogP contribution in [0, 0.1) is 0 Å². The van der Waals surface area contributed by atoms with Crippen LogP contribution < -0.4 is 20.1 Å². The lowest BCUT2D eigenvalue weighted by Gasteiger charge is -2.09. The summed E-state index contributed by atoms with van der Waals surface area (Å²) in [6.45, 7) is 2.35. The highest BCUT2D eigenvalue weighted by molar-refractivity contribution is 7.99. The number of hydrogen-bond acceptors (Lipinski definition) is 8. The van der Waals surface area contributed by atoms with Gasteiger partial charge in [-0.15, -0.1) is 10.2 Å². The fraction of sp³-hybridized carbons (Fsp3) is 0.304. The number of unbranched alkanes of at least 4 members (excludes halogenated alkanes) is 1. The van der Waals surface area contributed by atoms with E-state index in [2.05, 4.69) is 20.8 Å². The zero-order chi connectivity index (χ0) is 26.1. The van der Waals surface area contributed by atoms with Crippen LogP contribution in [0.2, 0.25) is 0 Å². The third-order valence-electron chi connectivity index (χ3n) is 5.01. The van der Waals surface area contributed by atoms with E-state index in [1.807, 2.05) is 43.0 Å². The summed E-state index contributed by atoms with van der Waals surface area (Å²) in [5.74, 6) is 1.18. The summed E-state index contributed by atoms with van der Waals surface area (Å²) in [7, 11) is -0.607. The molecule has 0 saturated carbocycles. The maximum Gasteiger partial charge on any atom is 0.328 e. The molecule has 3 amide bonds. The number of benzene rings is 2. The van der Waals surface area contributed by atoms with Crippen molar-refractivity contribution < 1.29 is 22.7 Å². The van der Waals surface area contributed by atoms with Gasteiger partial charge in [-0.05, 0) is 55.0 Å². The second-order valence-electron chi connectivity index (χ2n) is 7.67. The van der Waals surface area contributed by atoms with Crippen LogP contribution in [0.4, 0.5) is 10.5 Å². The average molecular weight is 533 g/mol. The van der Waals surface area contributed by atoms with Crippen molar-refractivity contribution in [3.05, 3.63) is 48.5 Å². The number of nitrogens with zero attached hydrogens (tertiary/aromatic N) is 3. The van der Waals surface area contributed by atoms with Crippen molar-refractivity contribution in [1.29, 1.82) is 0 Å². The number of amides is 3. The average Bonchev–Trinajstić information content (AvgIpc) is 3.23. The van der Waals surface area contributed by atoms with E-state index in [0.717, 1.165) is 24.2 Å². The molecule has 0 saturated heterocycles. The molecule has 36 heavy (non-hydrogen) atoms. The number of aromatic nitrogens is 3. The molecular formula is C23H28N6O5S2. The highest BCUT2D eigenvalue weighted by atomic mass is 32.2. The number of methoxy groups -OCH3 is 1. The van der Waals surface area contributed by atoms with Crippen LogP contribution in [0.3, 0.4) is 0 Å². The molecule has 1 heterocycles. The number of carbonyl (C=O) groups is 2. The minimum Gasteiger partial charge on any atom is -0.497 e. The van der Waals surface area contributed by atoms with E-state index in [4.69, 9.17) is 4.74 Å². The van der Waals surface area contributed by atoms with Gasteiger partial charge in [-0.3, -0.25) is 4.79 Å². The molecule has 3 N–H and O–H groups in total. The van der Waals surface area contributed by atoms with Crippen LogP contribution in [0.25, 0.3) is 11.4 Å². The Morgan fingerprint density at radius 3 is 2.39 bits per heavy atom. The number of anilines is 1. The largest absolute Gasteiger partial charge is 0.497 e. The standard InChI is InChI=1S/C23H28N6O5S2/c1-4-5-14-24-22(31)28-36(32,33)19-12-8-17(9-13-19)25-20(30)15-35-23-27-26-21(29(23)2)16-6-10-18(34-3)11-7-16/h6-13H,4-5,14-15H2,1-3H3,(H,25,30)(H2,24,28,31). The highest BCUT2D eigenvalue weighted by Crippen LogP contribution is 2.24. The van der Waals surface area contributed by atoms with Gasteiger partial charge in [0.05, 0.1) is 17.8 Å². The summed E-state index contributed by atoms with van der Waals surface area (Å²) in [6, 6.07) is 12.2. The molecule has 0 radical (unpaired) electrons. The van der Waals surface area contributed by atoms with E-state index in [1.54, 1.807) is 11.7 Å². The molecule has 0 fully saturated rings. The fourth-order valence-electron chi connectivity index (χ4n) is 3.07. The van der Waals surface area contributed by atoms with Gasteiger partial charge in [0.1, 0.15) is 5.75 Å². The lowest BCUT2D eigenvalue weighted by molar-refractivity contribution is -0.113. The predicted molar refractivity (Wildman–Crippen MR) is 137 cm³/mol. The summed E-state index contributed by atoms with van der Waals surface area (Å²) < 4.78 is 33.6. The Hall–Kier alpha value is -3.58. The van der Waals surface area contributed by atoms with Crippen LogP contribution in [0.15, 0.2) is 58.6 Å². The molecule has 13 heteroatoms. The molecule has 11 nitrogen and oxygen atoms in total. The topological polar surface area (TPSA) is 144 Å². The maximum atomic E-state index is 12.4. The molecule has 2 aromatic carbocycles. The third kappa shape index (κ3) is 7.21. The monoisotopic (exact) mass is 532 g/mol. The molecule has 0 bridgehead atoms. The lowest BCUT2D eigenvalue weighted by Crippen LogP contribution is -2.39. The molecule has 0 aliphatic carbocycles. The number of sulfonamides is 1. The Labute approximate surface area is 214 Å². The van der Waals surface area contributed by atoms with Gasteiger partial charge in [-0.1, -0.05) is 25.1 Å². The molecule has 3 rings (SSSR count). The Morgan fingerprint density at radius 1 is 1.06 bits per heavy atom. The predicted octanol–water partition coefficient (Wildman–Crippen LogP) is 3.01. The van der Waals surface area contributed by atoms with Crippen LogP contribution >= 0.6 is 11.8 Å². The number of hydrogen-bond donors (Lipinski definition) is 3. The Kier molecular flexibility index (Phi) is 9.31. The normalized spacial score (nSPS) is 11.1. The molecule has 0 aliphatic rings. The van der Waals surface area contributed by atoms with Crippen LogP contribution in [0.1, 0.15) is 19.8 Å². The molecule has 1 aromatic heterocycles. The lowest BCUT2D eigenvalue weighted by atomic mass is 10.2. The van der Waals surface area contributed by atoms with Crippen LogP contribution in [-0.2, 0) is 21.9 Å². The summed E-state index contributed by atoms with van der Waals surface area (Å²) in [5.41, 5.74) is 1.29. The fourth-order valence-corrected chi connectivity index (χ4v) is 4.71.